The van der Waals surface area contributed by atoms with E-state index in [0.717, 1.165) is 16.8 Å². The van der Waals surface area contributed by atoms with Gasteiger partial charge in [0.25, 0.3) is 0 Å². The highest BCUT2D eigenvalue weighted by molar-refractivity contribution is 5.92. The van der Waals surface area contributed by atoms with E-state index < -0.39 is 0 Å². The summed E-state index contributed by atoms with van der Waals surface area (Å²) in [5, 5.41) is 5.58. The minimum Gasteiger partial charge on any atom is -0.348 e. The van der Waals surface area contributed by atoms with Gasteiger partial charge in [0.05, 0.1) is 0 Å². The molecule has 0 saturated heterocycles. The Morgan fingerprint density at radius 3 is 2.28 bits per heavy atom. The highest BCUT2D eigenvalue weighted by Gasteiger charge is 2.06. The van der Waals surface area contributed by atoms with Crippen molar-refractivity contribution in [3.05, 3.63) is 71.6 Å². The van der Waals surface area contributed by atoms with Gasteiger partial charge in [-0.25, -0.2) is 4.39 Å². The average molecular weight is 340 g/mol. The molecule has 0 saturated carbocycles. The van der Waals surface area contributed by atoms with Crippen LogP contribution in [0.3, 0.4) is 0 Å². The molecular formula is C20H21FN2O2. The molecule has 5 heteroatoms. The first kappa shape index (κ1) is 18.4. The minimum atomic E-state index is -0.311. The number of carbonyl (C=O) groups excluding carboxylic acids is 2. The SMILES string of the molecule is CC(C)C(=O)Nc1ccc(CNC(=O)/C=C/c2ccc(F)cc2)cc1. The lowest BCUT2D eigenvalue weighted by atomic mass is 10.1. The molecule has 0 fully saturated rings. The number of benzene rings is 2. The van der Waals surface area contributed by atoms with Crippen LogP contribution in [0.25, 0.3) is 6.08 Å². The molecule has 0 spiro atoms. The van der Waals surface area contributed by atoms with Gasteiger partial charge in [-0.3, -0.25) is 9.59 Å². The summed E-state index contributed by atoms with van der Waals surface area (Å²) in [7, 11) is 0. The number of hydrogen-bond acceptors (Lipinski definition) is 2. The molecule has 0 aliphatic heterocycles. The molecule has 2 amide bonds. The van der Waals surface area contributed by atoms with Gasteiger partial charge in [-0.1, -0.05) is 38.1 Å². The Bertz CT molecular complexity index is 750. The summed E-state index contributed by atoms with van der Waals surface area (Å²) in [4.78, 5) is 23.4. The zero-order valence-electron chi connectivity index (χ0n) is 14.3. The van der Waals surface area contributed by atoms with Crippen molar-refractivity contribution in [3.8, 4) is 0 Å². The molecule has 2 aromatic carbocycles. The first-order valence-corrected chi connectivity index (χ1v) is 8.05. The van der Waals surface area contributed by atoms with Crippen LogP contribution in [0, 0.1) is 11.7 Å². The zero-order valence-corrected chi connectivity index (χ0v) is 14.3. The third-order valence-corrected chi connectivity index (χ3v) is 3.51. The maximum Gasteiger partial charge on any atom is 0.244 e. The topological polar surface area (TPSA) is 58.2 Å². The molecule has 0 bridgehead atoms. The predicted octanol–water partition coefficient (Wildman–Crippen LogP) is 3.75. The molecule has 0 aromatic heterocycles. The summed E-state index contributed by atoms with van der Waals surface area (Å²) in [5.74, 6) is -0.657. The molecular weight excluding hydrogens is 319 g/mol. The van der Waals surface area contributed by atoms with Crippen molar-refractivity contribution in [1.29, 1.82) is 0 Å². The van der Waals surface area contributed by atoms with E-state index in [4.69, 9.17) is 0 Å². The number of carbonyl (C=O) groups is 2. The predicted molar refractivity (Wildman–Crippen MR) is 97.2 cm³/mol. The number of hydrogen-bond donors (Lipinski definition) is 2. The van der Waals surface area contributed by atoms with Crippen LogP contribution in [0.15, 0.2) is 54.6 Å². The lowest BCUT2D eigenvalue weighted by Crippen LogP contribution is -2.20. The second kappa shape index (κ2) is 8.78. The van der Waals surface area contributed by atoms with Crippen molar-refractivity contribution in [2.45, 2.75) is 20.4 Å². The Labute approximate surface area is 146 Å². The second-order valence-corrected chi connectivity index (χ2v) is 5.94. The Hall–Kier alpha value is -2.95. The molecule has 0 unspecified atom stereocenters. The smallest absolute Gasteiger partial charge is 0.244 e. The first-order chi connectivity index (χ1) is 11.9. The fourth-order valence-electron chi connectivity index (χ4n) is 1.99. The normalized spacial score (nSPS) is 10.9. The van der Waals surface area contributed by atoms with Crippen LogP contribution in [-0.2, 0) is 16.1 Å². The Morgan fingerprint density at radius 1 is 1.04 bits per heavy atom. The van der Waals surface area contributed by atoms with Crippen LogP contribution >= 0.6 is 0 Å². The number of anilines is 1. The number of rotatable bonds is 6. The molecule has 2 N–H and O–H groups in total. The second-order valence-electron chi connectivity index (χ2n) is 5.94. The van der Waals surface area contributed by atoms with E-state index in [1.54, 1.807) is 30.3 Å². The van der Waals surface area contributed by atoms with Gasteiger partial charge in [0, 0.05) is 24.2 Å². The summed E-state index contributed by atoms with van der Waals surface area (Å²) < 4.78 is 12.8. The third-order valence-electron chi connectivity index (χ3n) is 3.51. The molecule has 0 heterocycles. The van der Waals surface area contributed by atoms with Gasteiger partial charge >= 0.3 is 0 Å². The van der Waals surface area contributed by atoms with Crippen molar-refractivity contribution in [1.82, 2.24) is 5.32 Å². The van der Waals surface area contributed by atoms with Crippen molar-refractivity contribution in [2.24, 2.45) is 5.92 Å². The molecule has 130 valence electrons. The van der Waals surface area contributed by atoms with E-state index in [0.29, 0.717) is 6.54 Å². The molecule has 25 heavy (non-hydrogen) atoms. The maximum atomic E-state index is 12.8. The van der Waals surface area contributed by atoms with Crippen LogP contribution < -0.4 is 10.6 Å². The van der Waals surface area contributed by atoms with E-state index in [-0.39, 0.29) is 23.5 Å². The molecule has 0 atom stereocenters. The Morgan fingerprint density at radius 2 is 1.68 bits per heavy atom. The first-order valence-electron chi connectivity index (χ1n) is 8.05. The fourth-order valence-corrected chi connectivity index (χ4v) is 1.99. The zero-order chi connectivity index (χ0) is 18.2. The fraction of sp³-hybridized carbons (Fsp3) is 0.200. The molecule has 2 aromatic rings. The van der Waals surface area contributed by atoms with Gasteiger partial charge in [0.2, 0.25) is 11.8 Å². The molecule has 4 nitrogen and oxygen atoms in total. The van der Waals surface area contributed by atoms with E-state index in [2.05, 4.69) is 10.6 Å². The number of halogens is 1. The minimum absolute atomic E-state index is 0.0352. The summed E-state index contributed by atoms with van der Waals surface area (Å²) in [6, 6.07) is 13.2. The molecule has 0 aliphatic carbocycles. The molecule has 2 rings (SSSR count). The van der Waals surface area contributed by atoms with Gasteiger partial charge in [-0.05, 0) is 41.5 Å². The van der Waals surface area contributed by atoms with Gasteiger partial charge in [0.15, 0.2) is 0 Å². The summed E-state index contributed by atoms with van der Waals surface area (Å²) in [6.45, 7) is 4.04. The van der Waals surface area contributed by atoms with E-state index in [1.807, 2.05) is 26.0 Å². The lowest BCUT2D eigenvalue weighted by Gasteiger charge is -2.08. The standard InChI is InChI=1S/C20H21FN2O2/c1-14(2)20(25)23-18-10-5-16(6-11-18)13-22-19(24)12-7-15-3-8-17(21)9-4-15/h3-12,14H,13H2,1-2H3,(H,22,24)(H,23,25)/b12-7+. The van der Waals surface area contributed by atoms with Crippen LogP contribution in [0.4, 0.5) is 10.1 Å². The van der Waals surface area contributed by atoms with Crippen molar-refractivity contribution in [3.63, 3.8) is 0 Å². The number of nitrogens with one attached hydrogen (secondary N) is 2. The van der Waals surface area contributed by atoms with Crippen LogP contribution in [-0.4, -0.2) is 11.8 Å². The summed E-state index contributed by atoms with van der Waals surface area (Å²) in [6.07, 6.45) is 3.03. The van der Waals surface area contributed by atoms with E-state index in [9.17, 15) is 14.0 Å². The van der Waals surface area contributed by atoms with Gasteiger partial charge in [0.1, 0.15) is 5.82 Å². The summed E-state index contributed by atoms with van der Waals surface area (Å²) in [5.41, 5.74) is 2.40. The number of amides is 2. The Kier molecular flexibility index (Phi) is 6.46. The van der Waals surface area contributed by atoms with Crippen molar-refractivity contribution < 1.29 is 14.0 Å². The van der Waals surface area contributed by atoms with Crippen LogP contribution in [0.1, 0.15) is 25.0 Å². The largest absolute Gasteiger partial charge is 0.348 e. The highest BCUT2D eigenvalue weighted by atomic mass is 19.1. The maximum absolute atomic E-state index is 12.8. The lowest BCUT2D eigenvalue weighted by molar-refractivity contribution is -0.119. The van der Waals surface area contributed by atoms with Crippen LogP contribution in [0.5, 0.6) is 0 Å². The van der Waals surface area contributed by atoms with Gasteiger partial charge in [-0.2, -0.15) is 0 Å². The summed E-state index contributed by atoms with van der Waals surface area (Å²) >= 11 is 0. The van der Waals surface area contributed by atoms with Crippen molar-refractivity contribution >= 4 is 23.6 Å². The monoisotopic (exact) mass is 340 g/mol. The van der Waals surface area contributed by atoms with Crippen LogP contribution in [0.2, 0.25) is 0 Å². The molecule has 0 aliphatic rings. The van der Waals surface area contributed by atoms with Gasteiger partial charge < -0.3 is 10.6 Å². The Balaban J connectivity index is 1.83. The molecule has 0 radical (unpaired) electrons. The van der Waals surface area contributed by atoms with E-state index in [1.165, 1.54) is 18.2 Å². The third kappa shape index (κ3) is 6.22. The van der Waals surface area contributed by atoms with E-state index >= 15 is 0 Å². The average Bonchev–Trinajstić information content (AvgIpc) is 2.60. The quantitative estimate of drug-likeness (QED) is 0.787. The van der Waals surface area contributed by atoms with Crippen molar-refractivity contribution in [2.75, 3.05) is 5.32 Å². The van der Waals surface area contributed by atoms with Gasteiger partial charge in [-0.15, -0.1) is 0 Å². The highest BCUT2D eigenvalue weighted by Crippen LogP contribution is 2.11.